The molecule has 0 amide bonds. The average Bonchev–Trinajstić information content (AvgIpc) is 2.65. The summed E-state index contributed by atoms with van der Waals surface area (Å²) in [6.07, 6.45) is 0. The van der Waals surface area contributed by atoms with Gasteiger partial charge in [0.1, 0.15) is 11.5 Å². The van der Waals surface area contributed by atoms with E-state index >= 15 is 0 Å². The molecule has 0 aliphatic carbocycles. The van der Waals surface area contributed by atoms with E-state index in [1.807, 2.05) is 0 Å². The van der Waals surface area contributed by atoms with Crippen molar-refractivity contribution in [1.82, 2.24) is 0 Å². The van der Waals surface area contributed by atoms with Crippen molar-refractivity contribution in [3.63, 3.8) is 0 Å². The van der Waals surface area contributed by atoms with E-state index in [9.17, 15) is 9.59 Å². The molecule has 24 heavy (non-hydrogen) atoms. The summed E-state index contributed by atoms with van der Waals surface area (Å²) in [7, 11) is 5.65. The normalized spacial score (nSPS) is 10.0. The molecule has 0 saturated carbocycles. The van der Waals surface area contributed by atoms with Gasteiger partial charge in [-0.05, 0) is 36.4 Å². The molecule has 0 saturated heterocycles. The molecule has 0 heterocycles. The summed E-state index contributed by atoms with van der Waals surface area (Å²) in [5.41, 5.74) is 2.20. The number of methoxy groups -OCH3 is 4. The maximum absolute atomic E-state index is 11.7. The zero-order valence-corrected chi connectivity index (χ0v) is 13.9. The molecule has 2 rings (SSSR count). The van der Waals surface area contributed by atoms with Crippen molar-refractivity contribution in [1.29, 1.82) is 0 Å². The van der Waals surface area contributed by atoms with Gasteiger partial charge < -0.3 is 18.9 Å². The minimum atomic E-state index is -0.451. The van der Waals surface area contributed by atoms with E-state index in [0.29, 0.717) is 22.6 Å². The molecular weight excluding hydrogens is 312 g/mol. The number of hydrogen-bond acceptors (Lipinski definition) is 6. The summed E-state index contributed by atoms with van der Waals surface area (Å²) in [5, 5.41) is 0. The quantitative estimate of drug-likeness (QED) is 0.785. The Labute approximate surface area is 139 Å². The molecule has 0 spiro atoms. The molecule has 6 nitrogen and oxygen atoms in total. The van der Waals surface area contributed by atoms with E-state index in [1.54, 1.807) is 36.4 Å². The molecule has 6 heteroatoms. The predicted molar refractivity (Wildman–Crippen MR) is 87.7 cm³/mol. The highest BCUT2D eigenvalue weighted by Crippen LogP contribution is 2.37. The Hall–Kier alpha value is -3.02. The summed E-state index contributed by atoms with van der Waals surface area (Å²) >= 11 is 0. The summed E-state index contributed by atoms with van der Waals surface area (Å²) < 4.78 is 20.2. The van der Waals surface area contributed by atoms with Crippen molar-refractivity contribution >= 4 is 11.9 Å². The van der Waals surface area contributed by atoms with Crippen LogP contribution in [0.4, 0.5) is 0 Å². The highest BCUT2D eigenvalue weighted by atomic mass is 16.5. The second-order valence-corrected chi connectivity index (χ2v) is 4.81. The van der Waals surface area contributed by atoms with Crippen molar-refractivity contribution in [2.75, 3.05) is 28.4 Å². The van der Waals surface area contributed by atoms with Gasteiger partial charge in [0, 0.05) is 11.1 Å². The SMILES string of the molecule is COC(=O)c1ccc(-c2ccc(C(=O)OC)cc2OC)c(OC)c1. The van der Waals surface area contributed by atoms with Crippen LogP contribution in [0.2, 0.25) is 0 Å². The van der Waals surface area contributed by atoms with Gasteiger partial charge in [-0.3, -0.25) is 0 Å². The first-order valence-electron chi connectivity index (χ1n) is 7.08. The minimum absolute atomic E-state index is 0.378. The van der Waals surface area contributed by atoms with Crippen LogP contribution in [-0.2, 0) is 9.47 Å². The average molecular weight is 330 g/mol. The number of esters is 2. The van der Waals surface area contributed by atoms with Crippen LogP contribution < -0.4 is 9.47 Å². The van der Waals surface area contributed by atoms with E-state index in [-0.39, 0.29) is 0 Å². The van der Waals surface area contributed by atoms with Gasteiger partial charge in [0.2, 0.25) is 0 Å². The molecule has 0 bridgehead atoms. The molecule has 0 aliphatic heterocycles. The van der Waals surface area contributed by atoms with E-state index in [2.05, 4.69) is 0 Å². The van der Waals surface area contributed by atoms with Gasteiger partial charge in [0.05, 0.1) is 39.6 Å². The Balaban J connectivity index is 2.55. The fourth-order valence-electron chi connectivity index (χ4n) is 2.32. The molecule has 0 aliphatic rings. The van der Waals surface area contributed by atoms with Gasteiger partial charge in [-0.2, -0.15) is 0 Å². The monoisotopic (exact) mass is 330 g/mol. The maximum Gasteiger partial charge on any atom is 0.337 e. The molecule has 0 atom stereocenters. The molecule has 2 aromatic rings. The molecular formula is C18H18O6. The predicted octanol–water partition coefficient (Wildman–Crippen LogP) is 2.94. The summed E-state index contributed by atoms with van der Waals surface area (Å²) in [6.45, 7) is 0. The second kappa shape index (κ2) is 7.50. The van der Waals surface area contributed by atoms with Crippen LogP contribution in [0, 0.1) is 0 Å². The highest BCUT2D eigenvalue weighted by molar-refractivity contribution is 5.93. The lowest BCUT2D eigenvalue weighted by atomic mass is 10.00. The van der Waals surface area contributed by atoms with E-state index in [0.717, 1.165) is 11.1 Å². The van der Waals surface area contributed by atoms with Gasteiger partial charge >= 0.3 is 11.9 Å². The fourth-order valence-corrected chi connectivity index (χ4v) is 2.32. The van der Waals surface area contributed by atoms with Gasteiger partial charge in [0.25, 0.3) is 0 Å². The second-order valence-electron chi connectivity index (χ2n) is 4.81. The first-order valence-corrected chi connectivity index (χ1v) is 7.08. The highest BCUT2D eigenvalue weighted by Gasteiger charge is 2.17. The van der Waals surface area contributed by atoms with Gasteiger partial charge in [-0.1, -0.05) is 0 Å². The van der Waals surface area contributed by atoms with Crippen LogP contribution in [0.5, 0.6) is 11.5 Å². The van der Waals surface area contributed by atoms with Crippen LogP contribution in [-0.4, -0.2) is 40.4 Å². The number of rotatable bonds is 5. The van der Waals surface area contributed by atoms with Crippen molar-refractivity contribution < 1.29 is 28.5 Å². The number of ether oxygens (including phenoxy) is 4. The Kier molecular flexibility index (Phi) is 5.42. The Morgan fingerprint density at radius 2 is 1.04 bits per heavy atom. The Morgan fingerprint density at radius 1 is 0.667 bits per heavy atom. The molecule has 0 radical (unpaired) electrons. The number of carbonyl (C=O) groups excluding carboxylic acids is 2. The van der Waals surface area contributed by atoms with E-state index in [4.69, 9.17) is 18.9 Å². The lowest BCUT2D eigenvalue weighted by Gasteiger charge is -2.14. The first kappa shape index (κ1) is 17.3. The first-order chi connectivity index (χ1) is 11.5. The Morgan fingerprint density at radius 3 is 1.33 bits per heavy atom. The molecule has 0 unspecified atom stereocenters. The largest absolute Gasteiger partial charge is 0.496 e. The third-order valence-electron chi connectivity index (χ3n) is 3.54. The van der Waals surface area contributed by atoms with Crippen LogP contribution in [0.25, 0.3) is 11.1 Å². The number of hydrogen-bond donors (Lipinski definition) is 0. The van der Waals surface area contributed by atoms with Crippen LogP contribution in [0.1, 0.15) is 20.7 Å². The van der Waals surface area contributed by atoms with E-state index < -0.39 is 11.9 Å². The van der Waals surface area contributed by atoms with Gasteiger partial charge in [0.15, 0.2) is 0 Å². The zero-order chi connectivity index (χ0) is 17.7. The molecule has 2 aromatic carbocycles. The lowest BCUT2D eigenvalue weighted by molar-refractivity contribution is 0.0591. The van der Waals surface area contributed by atoms with Gasteiger partial charge in [-0.15, -0.1) is 0 Å². The van der Waals surface area contributed by atoms with Crippen molar-refractivity contribution in [2.24, 2.45) is 0 Å². The van der Waals surface area contributed by atoms with E-state index in [1.165, 1.54) is 28.4 Å². The third kappa shape index (κ3) is 3.32. The number of carbonyl (C=O) groups is 2. The molecule has 126 valence electrons. The Bertz CT molecular complexity index is 701. The van der Waals surface area contributed by atoms with Gasteiger partial charge in [-0.25, -0.2) is 9.59 Å². The standard InChI is InChI=1S/C18H18O6/c1-21-15-9-11(17(19)23-3)5-7-13(15)14-8-6-12(18(20)24-4)10-16(14)22-2/h5-10H,1-4H3. The number of benzene rings is 2. The lowest BCUT2D eigenvalue weighted by Crippen LogP contribution is -2.03. The summed E-state index contributed by atoms with van der Waals surface area (Å²) in [6, 6.07) is 9.93. The molecule has 0 aromatic heterocycles. The molecule has 0 fully saturated rings. The van der Waals surface area contributed by atoms with Crippen LogP contribution in [0.3, 0.4) is 0 Å². The van der Waals surface area contributed by atoms with Crippen molar-refractivity contribution in [2.45, 2.75) is 0 Å². The van der Waals surface area contributed by atoms with Crippen molar-refractivity contribution in [3.05, 3.63) is 47.5 Å². The molecule has 0 N–H and O–H groups in total. The smallest absolute Gasteiger partial charge is 0.337 e. The minimum Gasteiger partial charge on any atom is -0.496 e. The third-order valence-corrected chi connectivity index (χ3v) is 3.54. The summed E-state index contributed by atoms with van der Waals surface area (Å²) in [5.74, 6) is 0.0738. The fraction of sp³-hybridized carbons (Fsp3) is 0.222. The zero-order valence-electron chi connectivity index (χ0n) is 13.9. The van der Waals surface area contributed by atoms with Crippen LogP contribution >= 0.6 is 0 Å². The maximum atomic E-state index is 11.7. The topological polar surface area (TPSA) is 71.1 Å². The van der Waals surface area contributed by atoms with Crippen LogP contribution in [0.15, 0.2) is 36.4 Å². The van der Waals surface area contributed by atoms with Crippen molar-refractivity contribution in [3.8, 4) is 22.6 Å². The summed E-state index contributed by atoms with van der Waals surface area (Å²) in [4.78, 5) is 23.3.